The highest BCUT2D eigenvalue weighted by Gasteiger charge is 2.46. The third-order valence-electron chi connectivity index (χ3n) is 7.18. The van der Waals surface area contributed by atoms with Gasteiger partial charge in [0, 0.05) is 12.2 Å². The highest BCUT2D eigenvalue weighted by Crippen LogP contribution is 2.42. The summed E-state index contributed by atoms with van der Waals surface area (Å²) in [5.41, 5.74) is 5.00. The lowest BCUT2D eigenvalue weighted by molar-refractivity contribution is -0.141. The van der Waals surface area contributed by atoms with Crippen molar-refractivity contribution < 1.29 is 19.1 Å². The molecule has 9 heteroatoms. The monoisotopic (exact) mass is 476 g/mol. The molecule has 0 saturated carbocycles. The van der Waals surface area contributed by atoms with Gasteiger partial charge in [-0.1, -0.05) is 12.1 Å². The number of nitrogens with one attached hydrogen (secondary N) is 2. The summed E-state index contributed by atoms with van der Waals surface area (Å²) in [5.74, 6) is -0.787. The molecule has 1 aliphatic heterocycles. The fourth-order valence-corrected chi connectivity index (χ4v) is 5.56. The number of hydrogen-bond acceptors (Lipinski definition) is 5. The first-order valence-corrected chi connectivity index (χ1v) is 11.7. The van der Waals surface area contributed by atoms with Gasteiger partial charge in [0.15, 0.2) is 0 Å². The van der Waals surface area contributed by atoms with Gasteiger partial charge in [0.2, 0.25) is 11.8 Å². The van der Waals surface area contributed by atoms with Crippen molar-refractivity contribution in [2.24, 2.45) is 5.41 Å². The summed E-state index contributed by atoms with van der Waals surface area (Å²) in [6.07, 6.45) is 2.20. The van der Waals surface area contributed by atoms with Crippen molar-refractivity contribution >= 4 is 34.5 Å². The van der Waals surface area contributed by atoms with E-state index >= 15 is 0 Å². The zero-order chi connectivity index (χ0) is 24.9. The number of amides is 2. The molecule has 1 unspecified atom stereocenters. The zero-order valence-electron chi connectivity index (χ0n) is 20.1. The molecule has 2 heterocycles. The van der Waals surface area contributed by atoms with Crippen LogP contribution in [0.3, 0.4) is 0 Å². The number of aromatic nitrogens is 2. The number of benzene rings is 2. The van der Waals surface area contributed by atoms with Crippen LogP contribution in [0, 0.1) is 19.3 Å². The Morgan fingerprint density at radius 3 is 2.54 bits per heavy atom. The van der Waals surface area contributed by atoms with Gasteiger partial charge < -0.3 is 15.4 Å². The average Bonchev–Trinajstić information content (AvgIpc) is 3.43. The molecular weight excluding hydrogens is 448 g/mol. The van der Waals surface area contributed by atoms with Crippen LogP contribution in [-0.4, -0.2) is 40.6 Å². The van der Waals surface area contributed by atoms with Gasteiger partial charge in [0.05, 0.1) is 23.6 Å². The molecule has 3 aromatic rings. The second-order valence-corrected chi connectivity index (χ2v) is 9.65. The van der Waals surface area contributed by atoms with E-state index in [1.54, 1.807) is 0 Å². The molecule has 1 atom stereocenters. The first-order valence-electron chi connectivity index (χ1n) is 11.7. The lowest BCUT2D eigenvalue weighted by Crippen LogP contribution is -2.31. The van der Waals surface area contributed by atoms with Crippen LogP contribution in [0.25, 0.3) is 11.0 Å². The molecule has 5 rings (SSSR count). The summed E-state index contributed by atoms with van der Waals surface area (Å²) >= 11 is 0. The summed E-state index contributed by atoms with van der Waals surface area (Å²) in [5, 5.41) is 5.83. The highest BCUT2D eigenvalue weighted by atomic mass is 16.5. The number of carbonyl (C=O) groups is 3. The van der Waals surface area contributed by atoms with Gasteiger partial charge in [-0.05, 0) is 73.6 Å². The average molecular weight is 477 g/mol. The lowest BCUT2D eigenvalue weighted by atomic mass is 9.83. The Balaban J connectivity index is 1.41. The van der Waals surface area contributed by atoms with Crippen molar-refractivity contribution in [2.75, 3.05) is 19.0 Å². The predicted octanol–water partition coefficient (Wildman–Crippen LogP) is 1.84. The van der Waals surface area contributed by atoms with E-state index in [-0.39, 0.29) is 30.3 Å². The van der Waals surface area contributed by atoms with Crippen LogP contribution in [0.4, 0.5) is 5.69 Å². The summed E-state index contributed by atoms with van der Waals surface area (Å²) in [6.45, 7) is 4.06. The Morgan fingerprint density at radius 2 is 1.83 bits per heavy atom. The van der Waals surface area contributed by atoms with E-state index in [2.05, 4.69) is 10.6 Å². The van der Waals surface area contributed by atoms with E-state index < -0.39 is 11.7 Å². The molecular formula is C26H28N4O5. The van der Waals surface area contributed by atoms with Crippen LogP contribution < -0.4 is 16.3 Å². The summed E-state index contributed by atoms with van der Waals surface area (Å²) in [4.78, 5) is 50.5. The quantitative estimate of drug-likeness (QED) is 0.546. The second kappa shape index (κ2) is 8.41. The first kappa shape index (κ1) is 22.9. The molecule has 0 bridgehead atoms. The van der Waals surface area contributed by atoms with E-state index in [4.69, 9.17) is 4.74 Å². The topological polar surface area (TPSA) is 111 Å². The van der Waals surface area contributed by atoms with Crippen LogP contribution in [0.1, 0.15) is 28.7 Å². The summed E-state index contributed by atoms with van der Waals surface area (Å²) < 4.78 is 7.50. The molecule has 1 fully saturated rings. The molecule has 182 valence electrons. The molecule has 2 aliphatic rings. The standard InChI is InChI=1S/C26H28N4O5/c1-15-8-16(2)23-20(9-15)29(25(34)30(23)14-22(32)35-3)13-21(31)28-19-5-4-17-11-26(12-18(17)10-19)6-7-27-24(26)33/h4-5,8-10H,6-7,11-14H2,1-3H3,(H,27,33)(H,28,31). The minimum atomic E-state index is -0.539. The van der Waals surface area contributed by atoms with Crippen molar-refractivity contribution in [1.82, 2.24) is 14.5 Å². The number of imidazole rings is 1. The molecule has 35 heavy (non-hydrogen) atoms. The molecule has 1 saturated heterocycles. The van der Waals surface area contributed by atoms with Crippen molar-refractivity contribution in [3.8, 4) is 0 Å². The van der Waals surface area contributed by atoms with Crippen molar-refractivity contribution in [3.63, 3.8) is 0 Å². The predicted molar refractivity (Wildman–Crippen MR) is 130 cm³/mol. The number of fused-ring (bicyclic) bond motifs is 2. The molecule has 9 nitrogen and oxygen atoms in total. The van der Waals surface area contributed by atoms with E-state index in [0.717, 1.165) is 35.1 Å². The van der Waals surface area contributed by atoms with Crippen molar-refractivity contribution in [2.45, 2.75) is 46.2 Å². The Morgan fingerprint density at radius 1 is 1.06 bits per heavy atom. The fraction of sp³-hybridized carbons (Fsp3) is 0.385. The van der Waals surface area contributed by atoms with Gasteiger partial charge in [-0.15, -0.1) is 0 Å². The maximum absolute atomic E-state index is 13.2. The Bertz CT molecular complexity index is 1450. The number of nitrogens with zero attached hydrogens (tertiary/aromatic N) is 2. The van der Waals surface area contributed by atoms with E-state index in [1.807, 2.05) is 44.2 Å². The molecule has 0 radical (unpaired) electrons. The maximum Gasteiger partial charge on any atom is 0.330 e. The summed E-state index contributed by atoms with van der Waals surface area (Å²) in [6, 6.07) is 9.49. The number of methoxy groups -OCH3 is 1. The number of aryl methyl sites for hydroxylation is 2. The van der Waals surface area contributed by atoms with Crippen LogP contribution in [0.5, 0.6) is 0 Å². The van der Waals surface area contributed by atoms with Gasteiger partial charge in [-0.3, -0.25) is 23.5 Å². The Kier molecular flexibility index (Phi) is 5.50. The normalized spacial score (nSPS) is 18.7. The smallest absolute Gasteiger partial charge is 0.330 e. The maximum atomic E-state index is 13.2. The van der Waals surface area contributed by atoms with Gasteiger partial charge >= 0.3 is 11.7 Å². The van der Waals surface area contributed by atoms with Crippen LogP contribution in [-0.2, 0) is 45.1 Å². The lowest BCUT2D eigenvalue weighted by Gasteiger charge is -2.17. The third-order valence-corrected chi connectivity index (χ3v) is 7.18. The zero-order valence-corrected chi connectivity index (χ0v) is 20.1. The molecule has 1 aliphatic carbocycles. The first-order chi connectivity index (χ1) is 16.7. The number of anilines is 1. The van der Waals surface area contributed by atoms with Gasteiger partial charge in [-0.25, -0.2) is 4.79 Å². The molecule has 1 aromatic heterocycles. The SMILES string of the molecule is COC(=O)Cn1c(=O)n(CC(=O)Nc2ccc3c(c2)CC2(CCNC2=O)C3)c2cc(C)cc(C)c21. The Labute approximate surface area is 202 Å². The largest absolute Gasteiger partial charge is 0.468 e. The number of esters is 1. The van der Waals surface area contributed by atoms with Crippen LogP contribution in [0.15, 0.2) is 35.1 Å². The van der Waals surface area contributed by atoms with E-state index in [1.165, 1.54) is 16.2 Å². The van der Waals surface area contributed by atoms with Gasteiger partial charge in [0.1, 0.15) is 13.1 Å². The molecule has 2 aromatic carbocycles. The van der Waals surface area contributed by atoms with E-state index in [0.29, 0.717) is 29.7 Å². The molecule has 2 N–H and O–H groups in total. The van der Waals surface area contributed by atoms with Gasteiger partial charge in [0.25, 0.3) is 0 Å². The van der Waals surface area contributed by atoms with Gasteiger partial charge in [-0.2, -0.15) is 0 Å². The highest BCUT2D eigenvalue weighted by molar-refractivity contribution is 5.92. The molecule has 2 amide bonds. The number of hydrogen-bond donors (Lipinski definition) is 2. The third kappa shape index (κ3) is 3.90. The van der Waals surface area contributed by atoms with Crippen LogP contribution >= 0.6 is 0 Å². The Hall–Kier alpha value is -3.88. The number of ether oxygens (including phenoxy) is 1. The molecule has 1 spiro atoms. The number of carbonyl (C=O) groups excluding carboxylic acids is 3. The minimum Gasteiger partial charge on any atom is -0.468 e. The van der Waals surface area contributed by atoms with Crippen LogP contribution in [0.2, 0.25) is 0 Å². The minimum absolute atomic E-state index is 0.104. The van der Waals surface area contributed by atoms with Crippen molar-refractivity contribution in [3.05, 3.63) is 63.1 Å². The fourth-order valence-electron chi connectivity index (χ4n) is 5.56. The van der Waals surface area contributed by atoms with Crippen molar-refractivity contribution in [1.29, 1.82) is 0 Å². The van der Waals surface area contributed by atoms with E-state index in [9.17, 15) is 19.2 Å². The summed E-state index contributed by atoms with van der Waals surface area (Å²) in [7, 11) is 1.27. The number of rotatable bonds is 5. The second-order valence-electron chi connectivity index (χ2n) is 9.65.